The number of rotatable bonds is 5. The lowest BCUT2D eigenvalue weighted by molar-refractivity contribution is -0.132. The average Bonchev–Trinajstić information content (AvgIpc) is 2.50. The van der Waals surface area contributed by atoms with E-state index in [1.54, 1.807) is 4.90 Å². The minimum atomic E-state index is -0.0871. The van der Waals surface area contributed by atoms with Crippen molar-refractivity contribution in [3.8, 4) is 0 Å². The molecule has 21 heavy (non-hydrogen) atoms. The Labute approximate surface area is 141 Å². The molecule has 0 unspecified atom stereocenters. The quantitative estimate of drug-likeness (QED) is 0.739. The molecule has 0 bridgehead atoms. The fourth-order valence-corrected chi connectivity index (χ4v) is 2.94. The summed E-state index contributed by atoms with van der Waals surface area (Å²) in [4.78, 5) is 25.5. The second-order valence-electron chi connectivity index (χ2n) is 4.54. The zero-order chi connectivity index (χ0) is 15.1. The molecule has 1 aromatic rings. The number of nitrogens with zero attached hydrogens (tertiary/aromatic N) is 1. The van der Waals surface area contributed by atoms with E-state index >= 15 is 0 Å². The third kappa shape index (κ3) is 5.84. The lowest BCUT2D eigenvalue weighted by Crippen LogP contribution is -2.41. The van der Waals surface area contributed by atoms with E-state index in [1.165, 1.54) is 11.8 Å². The number of hydrogen-bond acceptors (Lipinski definition) is 4. The van der Waals surface area contributed by atoms with Crippen molar-refractivity contribution in [2.45, 2.75) is 0 Å². The summed E-state index contributed by atoms with van der Waals surface area (Å²) in [5, 5.41) is 2.81. The Morgan fingerprint density at radius 3 is 2.52 bits per heavy atom. The van der Waals surface area contributed by atoms with E-state index in [2.05, 4.69) is 27.9 Å². The van der Waals surface area contributed by atoms with E-state index in [1.807, 2.05) is 24.3 Å². The number of halogens is 1. The molecule has 0 aliphatic carbocycles. The van der Waals surface area contributed by atoms with Crippen LogP contribution in [0.1, 0.15) is 0 Å². The summed E-state index contributed by atoms with van der Waals surface area (Å²) in [7, 11) is 0. The Hall–Kier alpha value is -0.800. The monoisotopic (exact) mass is 420 g/mol. The van der Waals surface area contributed by atoms with Crippen LogP contribution in [0.3, 0.4) is 0 Å². The van der Waals surface area contributed by atoms with Crippen molar-refractivity contribution in [1.82, 2.24) is 4.90 Å². The standard InChI is InChI=1S/C14H17IN2O3S/c15-11-1-3-12(4-2-11)16-13(18)9-21-10-14(19)17-5-7-20-8-6-17/h1-4H,5-10H2,(H,16,18). The van der Waals surface area contributed by atoms with Gasteiger partial charge < -0.3 is 15.0 Å². The Morgan fingerprint density at radius 2 is 1.86 bits per heavy atom. The predicted octanol–water partition coefficient (Wildman–Crippen LogP) is 1.82. The van der Waals surface area contributed by atoms with Crippen LogP contribution in [-0.4, -0.2) is 54.5 Å². The zero-order valence-corrected chi connectivity index (χ0v) is 14.5. The van der Waals surface area contributed by atoms with Crippen molar-refractivity contribution in [3.05, 3.63) is 27.8 Å². The number of hydrogen-bond donors (Lipinski definition) is 1. The fraction of sp³-hybridized carbons (Fsp3) is 0.429. The number of carbonyl (C=O) groups is 2. The van der Waals surface area contributed by atoms with Gasteiger partial charge in [-0.2, -0.15) is 0 Å². The van der Waals surface area contributed by atoms with Gasteiger partial charge in [0, 0.05) is 22.3 Å². The van der Waals surface area contributed by atoms with Gasteiger partial charge >= 0.3 is 0 Å². The van der Waals surface area contributed by atoms with E-state index in [-0.39, 0.29) is 17.6 Å². The normalized spacial score (nSPS) is 14.8. The zero-order valence-electron chi connectivity index (χ0n) is 11.5. The molecule has 1 N–H and O–H groups in total. The van der Waals surface area contributed by atoms with Crippen LogP contribution in [0.4, 0.5) is 5.69 Å². The molecular weight excluding hydrogens is 403 g/mol. The predicted molar refractivity (Wildman–Crippen MR) is 92.5 cm³/mol. The maximum atomic E-state index is 11.9. The lowest BCUT2D eigenvalue weighted by Gasteiger charge is -2.26. The van der Waals surface area contributed by atoms with Crippen LogP contribution in [-0.2, 0) is 14.3 Å². The van der Waals surface area contributed by atoms with Crippen LogP contribution in [0.25, 0.3) is 0 Å². The number of nitrogens with one attached hydrogen (secondary N) is 1. The third-order valence-corrected chi connectivity index (χ3v) is 4.59. The van der Waals surface area contributed by atoms with Crippen molar-refractivity contribution in [1.29, 1.82) is 0 Å². The van der Waals surface area contributed by atoms with Gasteiger partial charge in [0.05, 0.1) is 24.7 Å². The van der Waals surface area contributed by atoms with Gasteiger partial charge in [-0.15, -0.1) is 11.8 Å². The lowest BCUT2D eigenvalue weighted by atomic mass is 10.3. The molecule has 5 nitrogen and oxygen atoms in total. The van der Waals surface area contributed by atoms with Gasteiger partial charge in [0.2, 0.25) is 11.8 Å². The molecular formula is C14H17IN2O3S. The highest BCUT2D eigenvalue weighted by Crippen LogP contribution is 2.12. The molecule has 1 heterocycles. The minimum Gasteiger partial charge on any atom is -0.378 e. The number of benzene rings is 1. The van der Waals surface area contributed by atoms with Gasteiger partial charge in [-0.05, 0) is 46.9 Å². The van der Waals surface area contributed by atoms with Crippen molar-refractivity contribution in [3.63, 3.8) is 0 Å². The highest BCUT2D eigenvalue weighted by Gasteiger charge is 2.16. The Balaban J connectivity index is 1.66. The summed E-state index contributed by atoms with van der Waals surface area (Å²) >= 11 is 3.55. The highest BCUT2D eigenvalue weighted by molar-refractivity contribution is 14.1. The molecule has 1 aromatic carbocycles. The molecule has 1 aliphatic heterocycles. The van der Waals surface area contributed by atoms with Crippen molar-refractivity contribution < 1.29 is 14.3 Å². The first-order valence-corrected chi connectivity index (χ1v) is 8.87. The average molecular weight is 420 g/mol. The first-order valence-electron chi connectivity index (χ1n) is 6.64. The van der Waals surface area contributed by atoms with Crippen LogP contribution < -0.4 is 5.32 Å². The van der Waals surface area contributed by atoms with E-state index in [4.69, 9.17) is 4.74 Å². The van der Waals surface area contributed by atoms with E-state index in [0.29, 0.717) is 32.1 Å². The second kappa shape index (κ2) is 8.60. The number of carbonyl (C=O) groups excluding carboxylic acids is 2. The topological polar surface area (TPSA) is 58.6 Å². The van der Waals surface area contributed by atoms with Crippen LogP contribution in [0.2, 0.25) is 0 Å². The van der Waals surface area contributed by atoms with Crippen molar-refractivity contribution in [2.75, 3.05) is 43.1 Å². The van der Waals surface area contributed by atoms with Crippen LogP contribution in [0, 0.1) is 3.57 Å². The van der Waals surface area contributed by atoms with Gasteiger partial charge in [-0.1, -0.05) is 0 Å². The molecule has 0 saturated carbocycles. The third-order valence-electron chi connectivity index (χ3n) is 2.95. The summed E-state index contributed by atoms with van der Waals surface area (Å²) in [5.74, 6) is 0.601. The molecule has 0 radical (unpaired) electrons. The van der Waals surface area contributed by atoms with E-state index in [9.17, 15) is 9.59 Å². The molecule has 2 amide bonds. The Bertz CT molecular complexity index is 489. The number of morpholine rings is 1. The molecule has 0 aromatic heterocycles. The first kappa shape index (κ1) is 16.6. The van der Waals surface area contributed by atoms with E-state index in [0.717, 1.165) is 9.26 Å². The molecule has 1 aliphatic rings. The molecule has 7 heteroatoms. The molecule has 0 spiro atoms. The smallest absolute Gasteiger partial charge is 0.234 e. The second-order valence-corrected chi connectivity index (χ2v) is 6.77. The number of ether oxygens (including phenoxy) is 1. The number of amides is 2. The Kier molecular flexibility index (Phi) is 6.78. The van der Waals surface area contributed by atoms with Gasteiger partial charge in [0.1, 0.15) is 0 Å². The minimum absolute atomic E-state index is 0.0744. The molecule has 114 valence electrons. The Morgan fingerprint density at radius 1 is 1.19 bits per heavy atom. The molecule has 1 fully saturated rings. The van der Waals surface area contributed by atoms with Crippen LogP contribution in [0.15, 0.2) is 24.3 Å². The maximum absolute atomic E-state index is 11.9. The first-order chi connectivity index (χ1) is 10.1. The summed E-state index contributed by atoms with van der Waals surface area (Å²) in [5.41, 5.74) is 0.778. The van der Waals surface area contributed by atoms with E-state index < -0.39 is 0 Å². The van der Waals surface area contributed by atoms with Crippen LogP contribution in [0.5, 0.6) is 0 Å². The fourth-order valence-electron chi connectivity index (χ4n) is 1.87. The highest BCUT2D eigenvalue weighted by atomic mass is 127. The molecule has 2 rings (SSSR count). The number of thioether (sulfide) groups is 1. The SMILES string of the molecule is O=C(CSCC(=O)N1CCOCC1)Nc1ccc(I)cc1. The van der Waals surface area contributed by atoms with Gasteiger partial charge in [-0.25, -0.2) is 0 Å². The van der Waals surface area contributed by atoms with Gasteiger partial charge in [0.15, 0.2) is 0 Å². The van der Waals surface area contributed by atoms with Crippen LogP contribution >= 0.6 is 34.4 Å². The van der Waals surface area contributed by atoms with Gasteiger partial charge in [-0.3, -0.25) is 9.59 Å². The van der Waals surface area contributed by atoms with Crippen molar-refractivity contribution in [2.24, 2.45) is 0 Å². The summed E-state index contributed by atoms with van der Waals surface area (Å²) in [6.45, 7) is 2.50. The molecule has 0 atom stereocenters. The largest absolute Gasteiger partial charge is 0.378 e. The summed E-state index contributed by atoms with van der Waals surface area (Å²) < 4.78 is 6.32. The molecule has 1 saturated heterocycles. The van der Waals surface area contributed by atoms with Crippen molar-refractivity contribution >= 4 is 51.9 Å². The van der Waals surface area contributed by atoms with Gasteiger partial charge in [0.25, 0.3) is 0 Å². The summed E-state index contributed by atoms with van der Waals surface area (Å²) in [6.07, 6.45) is 0. The maximum Gasteiger partial charge on any atom is 0.234 e. The summed E-state index contributed by atoms with van der Waals surface area (Å²) in [6, 6.07) is 7.60. The number of anilines is 1.